The number of unbranched alkanes of at least 4 members (excludes halogenated alkanes) is 1. The average molecular weight is 598 g/mol. The Morgan fingerprint density at radius 2 is 1.70 bits per heavy atom. The van der Waals surface area contributed by atoms with Gasteiger partial charge in [-0.2, -0.15) is 5.26 Å². The van der Waals surface area contributed by atoms with Crippen molar-refractivity contribution in [3.8, 4) is 29.1 Å². The Bertz CT molecular complexity index is 1400. The van der Waals surface area contributed by atoms with Crippen molar-refractivity contribution in [2.75, 3.05) is 39.6 Å². The fourth-order valence-electron chi connectivity index (χ4n) is 4.67. The molecular weight excluding hydrogens is 557 g/mol. The average Bonchev–Trinajstić information content (AvgIpc) is 3.26. The van der Waals surface area contributed by atoms with E-state index in [1.54, 1.807) is 32.9 Å². The van der Waals surface area contributed by atoms with Gasteiger partial charge in [-0.25, -0.2) is 9.18 Å². The molecule has 0 amide bonds. The minimum atomic E-state index is -0.686. The summed E-state index contributed by atoms with van der Waals surface area (Å²) in [5.41, 5.74) is 1.03. The Balaban J connectivity index is 1.96. The van der Waals surface area contributed by atoms with Gasteiger partial charge in [-0.15, -0.1) is 0 Å². The molecule has 0 spiro atoms. The number of rotatable bonds is 15. The van der Waals surface area contributed by atoms with Crippen molar-refractivity contribution in [1.82, 2.24) is 4.90 Å². The van der Waals surface area contributed by atoms with E-state index in [4.69, 9.17) is 34.4 Å². The summed E-state index contributed by atoms with van der Waals surface area (Å²) in [5, 5.41) is 17.6. The van der Waals surface area contributed by atoms with Gasteiger partial charge in [0.1, 0.15) is 5.84 Å². The van der Waals surface area contributed by atoms with Crippen LogP contribution in [0.3, 0.4) is 0 Å². The summed E-state index contributed by atoms with van der Waals surface area (Å²) in [6.45, 7) is 11.6. The highest BCUT2D eigenvalue weighted by Crippen LogP contribution is 2.41. The number of ketones is 1. The van der Waals surface area contributed by atoms with Crippen LogP contribution in [0.2, 0.25) is 0 Å². The van der Waals surface area contributed by atoms with Crippen molar-refractivity contribution in [3.05, 3.63) is 46.3 Å². The fraction of sp³-hybridized carbons (Fsp3) is 0.500. The molecule has 2 aromatic carbocycles. The van der Waals surface area contributed by atoms with Gasteiger partial charge in [-0.05, 0) is 56.4 Å². The van der Waals surface area contributed by atoms with Gasteiger partial charge in [0.25, 0.3) is 0 Å². The number of hydrogen-bond acceptors (Lipinski definition) is 9. The van der Waals surface area contributed by atoms with E-state index in [-0.39, 0.29) is 80.4 Å². The molecule has 0 saturated carbocycles. The lowest BCUT2D eigenvalue weighted by atomic mass is 9.84. The van der Waals surface area contributed by atoms with Gasteiger partial charge in [-0.1, -0.05) is 20.8 Å². The Labute approximate surface area is 252 Å². The van der Waals surface area contributed by atoms with E-state index in [9.17, 15) is 9.59 Å². The van der Waals surface area contributed by atoms with Gasteiger partial charge in [0.2, 0.25) is 0 Å². The van der Waals surface area contributed by atoms with E-state index in [0.29, 0.717) is 35.5 Å². The van der Waals surface area contributed by atoms with Gasteiger partial charge in [0.05, 0.1) is 44.6 Å². The summed E-state index contributed by atoms with van der Waals surface area (Å²) < 4.78 is 43.5. The molecule has 0 unspecified atom stereocenters. The molecule has 0 aromatic heterocycles. The number of hydrogen-bond donors (Lipinski definition) is 1. The van der Waals surface area contributed by atoms with Crippen molar-refractivity contribution in [2.45, 2.75) is 66.3 Å². The molecule has 232 valence electrons. The lowest BCUT2D eigenvalue weighted by Gasteiger charge is -2.26. The van der Waals surface area contributed by atoms with Gasteiger partial charge in [0.15, 0.2) is 41.2 Å². The fourth-order valence-corrected chi connectivity index (χ4v) is 4.67. The number of Topliss-reactive ketones (excluding diaryl/α,β-unsaturated/α-hetero) is 1. The van der Waals surface area contributed by atoms with E-state index < -0.39 is 17.2 Å². The van der Waals surface area contributed by atoms with Crippen LogP contribution in [-0.2, 0) is 21.5 Å². The summed E-state index contributed by atoms with van der Waals surface area (Å²) in [6.07, 6.45) is 0.743. The van der Waals surface area contributed by atoms with Gasteiger partial charge in [-0.3, -0.25) is 10.2 Å². The Morgan fingerprint density at radius 3 is 2.33 bits per heavy atom. The first-order valence-corrected chi connectivity index (χ1v) is 14.4. The topological polar surface area (TPSA) is 131 Å². The van der Waals surface area contributed by atoms with Crippen LogP contribution in [0.25, 0.3) is 0 Å². The van der Waals surface area contributed by atoms with E-state index in [1.807, 2.05) is 20.8 Å². The molecule has 11 heteroatoms. The zero-order valence-corrected chi connectivity index (χ0v) is 25.7. The van der Waals surface area contributed by atoms with Crippen LogP contribution in [0.1, 0.15) is 81.4 Å². The third-order valence-electron chi connectivity index (χ3n) is 6.62. The molecular formula is C32H40FN3O7. The second-order valence-electron chi connectivity index (χ2n) is 10.9. The summed E-state index contributed by atoms with van der Waals surface area (Å²) in [6, 6.07) is 6.96. The van der Waals surface area contributed by atoms with E-state index in [2.05, 4.69) is 6.07 Å². The molecule has 0 radical (unpaired) electrons. The lowest BCUT2D eigenvalue weighted by molar-refractivity contribution is -0.145. The van der Waals surface area contributed by atoms with Gasteiger partial charge >= 0.3 is 5.97 Å². The Kier molecular flexibility index (Phi) is 11.4. The number of halogens is 1. The molecule has 1 aliphatic rings. The summed E-state index contributed by atoms with van der Waals surface area (Å²) in [5.74, 6) is -0.900. The number of carbonyl (C=O) groups is 2. The van der Waals surface area contributed by atoms with Crippen molar-refractivity contribution in [1.29, 1.82) is 10.7 Å². The Morgan fingerprint density at radius 1 is 1.00 bits per heavy atom. The minimum absolute atomic E-state index is 0.0487. The largest absolute Gasteiger partial charge is 0.490 e. The number of nitriles is 1. The van der Waals surface area contributed by atoms with E-state index >= 15 is 4.39 Å². The van der Waals surface area contributed by atoms with Crippen LogP contribution in [0, 0.1) is 22.6 Å². The van der Waals surface area contributed by atoms with Crippen LogP contribution in [0.5, 0.6) is 23.0 Å². The SMILES string of the molecule is CCOC(=O)COc1c(OCCCC#N)cc(C(=O)CN2Cc3cc(OCC)c(OCC)c(F)c3C2=N)cc1C(C)(C)C. The number of fused-ring (bicyclic) bond motifs is 1. The lowest BCUT2D eigenvalue weighted by Crippen LogP contribution is -2.31. The van der Waals surface area contributed by atoms with E-state index in [1.165, 1.54) is 11.0 Å². The minimum Gasteiger partial charge on any atom is -0.490 e. The molecule has 0 saturated heterocycles. The highest BCUT2D eigenvalue weighted by atomic mass is 19.1. The third-order valence-corrected chi connectivity index (χ3v) is 6.62. The maximum atomic E-state index is 15.5. The monoisotopic (exact) mass is 597 g/mol. The number of amidine groups is 1. The predicted molar refractivity (Wildman–Crippen MR) is 158 cm³/mol. The van der Waals surface area contributed by atoms with Crippen LogP contribution in [0.15, 0.2) is 18.2 Å². The van der Waals surface area contributed by atoms with Crippen molar-refractivity contribution in [3.63, 3.8) is 0 Å². The first-order chi connectivity index (χ1) is 20.5. The van der Waals surface area contributed by atoms with Crippen molar-refractivity contribution < 1.29 is 37.7 Å². The zero-order valence-electron chi connectivity index (χ0n) is 25.7. The number of benzene rings is 2. The molecule has 2 aromatic rings. The second-order valence-corrected chi connectivity index (χ2v) is 10.9. The number of nitrogens with one attached hydrogen (secondary N) is 1. The molecule has 0 aliphatic carbocycles. The van der Waals surface area contributed by atoms with Crippen molar-refractivity contribution in [2.24, 2.45) is 0 Å². The van der Waals surface area contributed by atoms with Crippen LogP contribution in [0.4, 0.5) is 4.39 Å². The van der Waals surface area contributed by atoms with Crippen molar-refractivity contribution >= 4 is 17.6 Å². The normalized spacial score (nSPS) is 12.4. The smallest absolute Gasteiger partial charge is 0.344 e. The summed E-state index contributed by atoms with van der Waals surface area (Å²) in [4.78, 5) is 27.3. The molecule has 0 atom stereocenters. The first-order valence-electron chi connectivity index (χ1n) is 14.4. The number of ether oxygens (including phenoxy) is 5. The predicted octanol–water partition coefficient (Wildman–Crippen LogP) is 5.57. The molecule has 0 fully saturated rings. The maximum Gasteiger partial charge on any atom is 0.344 e. The molecule has 1 N–H and O–H groups in total. The molecule has 3 rings (SSSR count). The summed E-state index contributed by atoms with van der Waals surface area (Å²) >= 11 is 0. The second kappa shape index (κ2) is 14.7. The van der Waals surface area contributed by atoms with Crippen LogP contribution < -0.4 is 18.9 Å². The zero-order chi connectivity index (χ0) is 31.7. The number of carbonyl (C=O) groups excluding carboxylic acids is 2. The highest BCUT2D eigenvalue weighted by Gasteiger charge is 2.34. The molecule has 0 bridgehead atoms. The van der Waals surface area contributed by atoms with Crippen LogP contribution in [-0.4, -0.2) is 62.1 Å². The first kappa shape index (κ1) is 33.2. The quantitative estimate of drug-likeness (QED) is 0.159. The third kappa shape index (κ3) is 7.95. The van der Waals surface area contributed by atoms with Gasteiger partial charge < -0.3 is 28.6 Å². The highest BCUT2D eigenvalue weighted by molar-refractivity contribution is 6.06. The molecule has 43 heavy (non-hydrogen) atoms. The molecule has 10 nitrogen and oxygen atoms in total. The van der Waals surface area contributed by atoms with E-state index in [0.717, 1.165) is 0 Å². The van der Waals surface area contributed by atoms with Crippen LogP contribution >= 0.6 is 0 Å². The number of nitrogens with zero attached hydrogens (tertiary/aromatic N) is 2. The molecule has 1 heterocycles. The summed E-state index contributed by atoms with van der Waals surface area (Å²) in [7, 11) is 0. The standard InChI is InChI=1S/C32H40FN3O7/c1-7-39-25-16-21-17-36(31(35)27(21)28(33)30(25)41-9-3)18-23(37)20-14-22(32(4,5)6)29(43-19-26(38)40-8-2)24(15-20)42-13-11-10-12-34/h14-16,35H,7-11,13,17-19H2,1-6H3. The maximum absolute atomic E-state index is 15.5. The molecule has 1 aliphatic heterocycles. The number of esters is 1. The Hall–Kier alpha value is -4.33. The van der Waals surface area contributed by atoms with Gasteiger partial charge in [0, 0.05) is 24.1 Å².